The van der Waals surface area contributed by atoms with Crippen molar-refractivity contribution in [3.8, 4) is 34.4 Å². The molecule has 59 heavy (non-hydrogen) atoms. The summed E-state index contributed by atoms with van der Waals surface area (Å²) in [6.07, 6.45) is 0. The van der Waals surface area contributed by atoms with Gasteiger partial charge in [-0.3, -0.25) is 4.57 Å². The highest BCUT2D eigenvalue weighted by atomic mass is 16.3. The summed E-state index contributed by atoms with van der Waals surface area (Å²) in [4.78, 5) is 16.2. The average molecular weight is 754 g/mol. The number of hydrogen-bond donors (Lipinski definition) is 0. The molecule has 0 unspecified atom stereocenters. The molecule has 0 saturated carbocycles. The van der Waals surface area contributed by atoms with Gasteiger partial charge >= 0.3 is 0 Å². The van der Waals surface area contributed by atoms with Gasteiger partial charge in [-0.25, -0.2) is 4.98 Å². The third kappa shape index (κ3) is 4.71. The van der Waals surface area contributed by atoms with Crippen LogP contribution in [0.1, 0.15) is 0 Å². The first-order valence-corrected chi connectivity index (χ1v) is 19.9. The van der Waals surface area contributed by atoms with Gasteiger partial charge in [-0.2, -0.15) is 9.97 Å². The van der Waals surface area contributed by atoms with Crippen LogP contribution in [0.2, 0.25) is 0 Å². The second kappa shape index (κ2) is 12.2. The van der Waals surface area contributed by atoms with Gasteiger partial charge in [0.1, 0.15) is 11.2 Å². The zero-order valence-electron chi connectivity index (χ0n) is 31.5. The lowest BCUT2D eigenvalue weighted by atomic mass is 10.0. The average Bonchev–Trinajstić information content (AvgIpc) is 3.95. The highest BCUT2D eigenvalue weighted by Gasteiger charge is 2.23. The van der Waals surface area contributed by atoms with Crippen molar-refractivity contribution in [3.63, 3.8) is 0 Å². The summed E-state index contributed by atoms with van der Waals surface area (Å²) in [6, 6.07) is 66.2. The molecule has 0 spiro atoms. The molecule has 0 radical (unpaired) electrons. The first-order valence-electron chi connectivity index (χ1n) is 19.9. The van der Waals surface area contributed by atoms with Crippen LogP contribution in [0.25, 0.3) is 122 Å². The summed E-state index contributed by atoms with van der Waals surface area (Å²) < 4.78 is 11.4. The Morgan fingerprint density at radius 3 is 1.61 bits per heavy atom. The molecule has 4 aromatic heterocycles. The molecule has 0 atom stereocenters. The fourth-order valence-electron chi connectivity index (χ4n) is 9.30. The van der Waals surface area contributed by atoms with Gasteiger partial charge in [-0.05, 0) is 70.1 Å². The van der Waals surface area contributed by atoms with Crippen molar-refractivity contribution in [1.82, 2.24) is 24.1 Å². The fourth-order valence-corrected chi connectivity index (χ4v) is 9.30. The molecular weight excluding hydrogens is 723 g/mol. The summed E-state index contributed by atoms with van der Waals surface area (Å²) in [5.41, 5.74) is 8.53. The third-order valence-corrected chi connectivity index (χ3v) is 11.9. The molecule has 274 valence electrons. The zero-order valence-corrected chi connectivity index (χ0v) is 31.5. The van der Waals surface area contributed by atoms with E-state index in [4.69, 9.17) is 19.4 Å². The van der Waals surface area contributed by atoms with Gasteiger partial charge in [0.15, 0.2) is 11.6 Å². The largest absolute Gasteiger partial charge is 0.455 e. The molecule has 0 aliphatic carbocycles. The van der Waals surface area contributed by atoms with Crippen LogP contribution in [0.3, 0.4) is 0 Å². The summed E-state index contributed by atoms with van der Waals surface area (Å²) in [7, 11) is 0. The Morgan fingerprint density at radius 2 is 0.881 bits per heavy atom. The van der Waals surface area contributed by atoms with Gasteiger partial charge in [0.05, 0.1) is 27.6 Å². The maximum absolute atomic E-state index is 6.81. The smallest absolute Gasteiger partial charge is 0.238 e. The van der Waals surface area contributed by atoms with Crippen LogP contribution in [0.5, 0.6) is 0 Å². The van der Waals surface area contributed by atoms with Crippen molar-refractivity contribution < 1.29 is 4.42 Å². The van der Waals surface area contributed by atoms with Crippen molar-refractivity contribution in [1.29, 1.82) is 0 Å². The van der Waals surface area contributed by atoms with Crippen LogP contribution in [-0.4, -0.2) is 24.1 Å². The van der Waals surface area contributed by atoms with Crippen LogP contribution < -0.4 is 0 Å². The van der Waals surface area contributed by atoms with E-state index in [2.05, 4.69) is 185 Å². The number of hydrogen-bond acceptors (Lipinski definition) is 4. The van der Waals surface area contributed by atoms with Crippen LogP contribution >= 0.6 is 0 Å². The van der Waals surface area contributed by atoms with Gasteiger partial charge in [0.2, 0.25) is 5.95 Å². The van der Waals surface area contributed by atoms with E-state index in [1.54, 1.807) is 0 Å². The number of nitrogens with zero attached hydrogens (tertiary/aromatic N) is 5. The third-order valence-electron chi connectivity index (χ3n) is 11.9. The van der Waals surface area contributed by atoms with Crippen LogP contribution in [0.4, 0.5) is 0 Å². The normalized spacial score (nSPS) is 12.1. The van der Waals surface area contributed by atoms with E-state index in [0.717, 1.165) is 82.4 Å². The lowest BCUT2D eigenvalue weighted by molar-refractivity contribution is 0.669. The molecule has 0 fully saturated rings. The summed E-state index contributed by atoms with van der Waals surface area (Å²) in [6.45, 7) is 0. The molecule has 0 saturated heterocycles. The van der Waals surface area contributed by atoms with Crippen molar-refractivity contribution in [3.05, 3.63) is 188 Å². The van der Waals surface area contributed by atoms with Crippen LogP contribution in [0, 0.1) is 0 Å². The molecule has 0 aliphatic heterocycles. The van der Waals surface area contributed by atoms with Gasteiger partial charge in [0, 0.05) is 43.6 Å². The van der Waals surface area contributed by atoms with E-state index in [0.29, 0.717) is 17.6 Å². The maximum Gasteiger partial charge on any atom is 0.238 e. The second-order valence-electron chi connectivity index (χ2n) is 15.2. The zero-order chi connectivity index (χ0) is 38.6. The standard InChI is InChI=1S/C53H31N5O/c1-2-16-34-29-48-42(28-33(34)15-1)39-21-7-9-24-45(39)57(48)35-30-43-40-22-8-12-27-49(40)59-50(43)44(31-35)52-54-51(41-23-13-17-32-14-3-4-18-36(32)41)55-53(56-52)58-46-25-10-5-19-37(46)38-20-6-11-26-47(38)58/h1-31H. The summed E-state index contributed by atoms with van der Waals surface area (Å²) >= 11 is 0. The monoisotopic (exact) mass is 753 g/mol. The number of furan rings is 1. The number of fused-ring (bicyclic) bond motifs is 11. The van der Waals surface area contributed by atoms with E-state index < -0.39 is 0 Å². The number of benzene rings is 9. The summed E-state index contributed by atoms with van der Waals surface area (Å²) in [5.74, 6) is 1.65. The Balaban J connectivity index is 1.17. The molecular formula is C53H31N5O. The van der Waals surface area contributed by atoms with E-state index in [9.17, 15) is 0 Å². The molecule has 0 bridgehead atoms. The van der Waals surface area contributed by atoms with E-state index in [-0.39, 0.29) is 0 Å². The Kier molecular flexibility index (Phi) is 6.63. The van der Waals surface area contributed by atoms with E-state index in [1.807, 2.05) is 12.1 Å². The molecule has 4 heterocycles. The molecule has 6 heteroatoms. The highest BCUT2D eigenvalue weighted by molar-refractivity contribution is 6.15. The van der Waals surface area contributed by atoms with Crippen molar-refractivity contribution in [2.45, 2.75) is 0 Å². The minimum Gasteiger partial charge on any atom is -0.455 e. The predicted molar refractivity (Wildman–Crippen MR) is 242 cm³/mol. The van der Waals surface area contributed by atoms with Crippen molar-refractivity contribution >= 4 is 87.1 Å². The molecule has 0 amide bonds. The molecule has 0 N–H and O–H groups in total. The Morgan fingerprint density at radius 1 is 0.339 bits per heavy atom. The Labute approximate surface area is 336 Å². The molecule has 13 aromatic rings. The first-order chi connectivity index (χ1) is 29.2. The SMILES string of the molecule is c1ccc2cc3c(cc2c1)c1ccccc1n3-c1cc(-c2nc(-c3cccc4ccccc34)nc(-n3c4ccccc4c4ccccc43)n2)c2oc3ccccc3c2c1. The molecule has 6 nitrogen and oxygen atoms in total. The van der Waals surface area contributed by atoms with E-state index >= 15 is 0 Å². The Bertz CT molecular complexity index is 3810. The minimum absolute atomic E-state index is 0.525. The van der Waals surface area contributed by atoms with Gasteiger partial charge in [-0.1, -0.05) is 140 Å². The molecule has 13 rings (SSSR count). The van der Waals surface area contributed by atoms with Crippen molar-refractivity contribution in [2.24, 2.45) is 0 Å². The number of para-hydroxylation sites is 4. The van der Waals surface area contributed by atoms with Gasteiger partial charge < -0.3 is 8.98 Å². The fraction of sp³-hybridized carbons (Fsp3) is 0. The lowest BCUT2D eigenvalue weighted by Crippen LogP contribution is -2.07. The van der Waals surface area contributed by atoms with Crippen molar-refractivity contribution in [2.75, 3.05) is 0 Å². The van der Waals surface area contributed by atoms with Gasteiger partial charge in [-0.15, -0.1) is 0 Å². The van der Waals surface area contributed by atoms with E-state index in [1.165, 1.54) is 21.5 Å². The van der Waals surface area contributed by atoms with Crippen LogP contribution in [0.15, 0.2) is 192 Å². The van der Waals surface area contributed by atoms with Gasteiger partial charge in [0.25, 0.3) is 0 Å². The Hall–Kier alpha value is -8.09. The topological polar surface area (TPSA) is 61.7 Å². The number of aromatic nitrogens is 5. The summed E-state index contributed by atoms with van der Waals surface area (Å²) in [5, 5.41) is 11.3. The maximum atomic E-state index is 6.81. The molecule has 0 aliphatic rings. The number of rotatable bonds is 4. The minimum atomic E-state index is 0.525. The highest BCUT2D eigenvalue weighted by Crippen LogP contribution is 2.42. The lowest BCUT2D eigenvalue weighted by Gasteiger charge is -2.14. The molecule has 9 aromatic carbocycles. The first kappa shape index (κ1) is 32.0. The second-order valence-corrected chi connectivity index (χ2v) is 15.2. The quantitative estimate of drug-likeness (QED) is 0.180. The predicted octanol–water partition coefficient (Wildman–Crippen LogP) is 13.6. The van der Waals surface area contributed by atoms with Crippen LogP contribution in [-0.2, 0) is 0 Å².